The maximum Gasteiger partial charge on any atom is 0.160 e. The first-order chi connectivity index (χ1) is 10.7. The predicted molar refractivity (Wildman–Crippen MR) is 92.4 cm³/mol. The van der Waals surface area contributed by atoms with Crippen LogP contribution in [-0.4, -0.2) is 26.8 Å². The second-order valence-electron chi connectivity index (χ2n) is 5.66. The number of hydrogen-bond donors (Lipinski definition) is 0. The van der Waals surface area contributed by atoms with Crippen molar-refractivity contribution in [1.29, 1.82) is 0 Å². The lowest BCUT2D eigenvalue weighted by atomic mass is 9.96. The molecule has 5 heteroatoms. The normalized spacial score (nSPS) is 26.9. The number of halogens is 1. The van der Waals surface area contributed by atoms with E-state index in [4.69, 9.17) is 16.6 Å². The molecular weight excluding hydrogens is 314 g/mol. The van der Waals surface area contributed by atoms with Crippen LogP contribution in [0, 0.1) is 0 Å². The fraction of sp³-hybridized carbons (Fsp3) is 0.294. The van der Waals surface area contributed by atoms with Crippen molar-refractivity contribution in [2.75, 3.05) is 6.54 Å². The molecule has 1 aromatic heterocycles. The first kappa shape index (κ1) is 14.1. The van der Waals surface area contributed by atoms with Crippen molar-refractivity contribution < 1.29 is 0 Å². The molecule has 0 amide bonds. The van der Waals surface area contributed by atoms with Gasteiger partial charge in [0, 0.05) is 23.0 Å². The maximum absolute atomic E-state index is 6.48. The largest absolute Gasteiger partial charge is 0.341 e. The summed E-state index contributed by atoms with van der Waals surface area (Å²) in [7, 11) is 0. The van der Waals surface area contributed by atoms with Gasteiger partial charge in [-0.2, -0.15) is 0 Å². The summed E-state index contributed by atoms with van der Waals surface area (Å²) in [6.45, 7) is 3.24. The standard InChI is InChI=1S/C17H16ClN3S/c1-11-10-21-16(12-6-2-3-7-13(12)18)15(20-17(21)22-11)14-8-4-5-9-19-14/h2-9,11,15-16H,10H2,1H3/t11-,15+,16-/m1/s1. The third-order valence-electron chi connectivity index (χ3n) is 4.11. The van der Waals surface area contributed by atoms with Gasteiger partial charge in [-0.05, 0) is 23.8 Å². The van der Waals surface area contributed by atoms with Crippen molar-refractivity contribution in [2.24, 2.45) is 4.99 Å². The molecule has 0 spiro atoms. The van der Waals surface area contributed by atoms with E-state index >= 15 is 0 Å². The number of benzene rings is 1. The van der Waals surface area contributed by atoms with Crippen LogP contribution in [0.1, 0.15) is 30.3 Å². The predicted octanol–water partition coefficient (Wildman–Crippen LogP) is 4.32. The Kier molecular flexibility index (Phi) is 3.59. The van der Waals surface area contributed by atoms with Gasteiger partial charge in [0.2, 0.25) is 0 Å². The van der Waals surface area contributed by atoms with E-state index in [-0.39, 0.29) is 12.1 Å². The van der Waals surface area contributed by atoms with Crippen LogP contribution in [0.3, 0.4) is 0 Å². The second kappa shape index (κ2) is 5.60. The minimum Gasteiger partial charge on any atom is -0.341 e. The lowest BCUT2D eigenvalue weighted by molar-refractivity contribution is 0.321. The van der Waals surface area contributed by atoms with Crippen molar-refractivity contribution in [3.63, 3.8) is 0 Å². The van der Waals surface area contributed by atoms with Gasteiger partial charge < -0.3 is 4.90 Å². The van der Waals surface area contributed by atoms with Crippen LogP contribution in [0.4, 0.5) is 0 Å². The Morgan fingerprint density at radius 2 is 2.00 bits per heavy atom. The maximum atomic E-state index is 6.48. The molecule has 0 saturated carbocycles. The van der Waals surface area contributed by atoms with E-state index in [0.29, 0.717) is 5.25 Å². The number of nitrogens with zero attached hydrogens (tertiary/aromatic N) is 3. The Morgan fingerprint density at radius 3 is 2.77 bits per heavy atom. The highest BCUT2D eigenvalue weighted by atomic mass is 35.5. The SMILES string of the molecule is C[C@@H]1CN2C(=N[C@@H](c3ccccn3)[C@H]2c2ccccc2Cl)S1. The average Bonchev–Trinajstić information content (AvgIpc) is 3.05. The van der Waals surface area contributed by atoms with Gasteiger partial charge in [0.05, 0.1) is 11.7 Å². The minimum absolute atomic E-state index is 0.0103. The molecule has 112 valence electrons. The van der Waals surface area contributed by atoms with Gasteiger partial charge in [0.1, 0.15) is 6.04 Å². The van der Waals surface area contributed by atoms with Gasteiger partial charge in [-0.15, -0.1) is 0 Å². The first-order valence-corrected chi connectivity index (χ1v) is 8.66. The fourth-order valence-electron chi connectivity index (χ4n) is 3.17. The Balaban J connectivity index is 1.81. The summed E-state index contributed by atoms with van der Waals surface area (Å²) in [5.74, 6) is 0. The average molecular weight is 330 g/mol. The van der Waals surface area contributed by atoms with E-state index in [1.807, 2.05) is 48.3 Å². The van der Waals surface area contributed by atoms with Crippen LogP contribution in [0.5, 0.6) is 0 Å². The van der Waals surface area contributed by atoms with Crippen molar-refractivity contribution in [3.05, 3.63) is 64.9 Å². The fourth-order valence-corrected chi connectivity index (χ4v) is 4.51. The number of thioether (sulfide) groups is 1. The lowest BCUT2D eigenvalue weighted by Gasteiger charge is -2.28. The summed E-state index contributed by atoms with van der Waals surface area (Å²) >= 11 is 8.32. The highest BCUT2D eigenvalue weighted by Crippen LogP contribution is 2.48. The molecule has 22 heavy (non-hydrogen) atoms. The smallest absolute Gasteiger partial charge is 0.160 e. The molecule has 1 aromatic carbocycles. The molecule has 3 atom stereocenters. The topological polar surface area (TPSA) is 28.5 Å². The van der Waals surface area contributed by atoms with Gasteiger partial charge in [-0.1, -0.05) is 54.6 Å². The van der Waals surface area contributed by atoms with E-state index in [2.05, 4.69) is 28.9 Å². The van der Waals surface area contributed by atoms with E-state index in [0.717, 1.165) is 28.0 Å². The second-order valence-corrected chi connectivity index (χ2v) is 7.47. The molecule has 1 fully saturated rings. The zero-order valence-corrected chi connectivity index (χ0v) is 13.8. The van der Waals surface area contributed by atoms with E-state index in [1.165, 1.54) is 0 Å². The number of hydrogen-bond acceptors (Lipinski definition) is 4. The van der Waals surface area contributed by atoms with Crippen LogP contribution >= 0.6 is 23.4 Å². The Morgan fingerprint density at radius 1 is 1.18 bits per heavy atom. The summed E-state index contributed by atoms with van der Waals surface area (Å²) < 4.78 is 0. The number of aliphatic imine (C=N–C) groups is 1. The van der Waals surface area contributed by atoms with E-state index in [9.17, 15) is 0 Å². The Labute approximate surface area is 139 Å². The highest BCUT2D eigenvalue weighted by Gasteiger charge is 2.44. The zero-order valence-electron chi connectivity index (χ0n) is 12.2. The lowest BCUT2D eigenvalue weighted by Crippen LogP contribution is -2.28. The first-order valence-electron chi connectivity index (χ1n) is 7.40. The zero-order chi connectivity index (χ0) is 15.1. The van der Waals surface area contributed by atoms with Crippen molar-refractivity contribution in [3.8, 4) is 0 Å². The number of amidine groups is 1. The quantitative estimate of drug-likeness (QED) is 0.821. The molecule has 0 bridgehead atoms. The molecule has 0 unspecified atom stereocenters. The monoisotopic (exact) mass is 329 g/mol. The molecule has 0 aliphatic carbocycles. The van der Waals surface area contributed by atoms with Crippen LogP contribution in [0.15, 0.2) is 53.7 Å². The minimum atomic E-state index is 0.0103. The molecular formula is C17H16ClN3S. The van der Waals surface area contributed by atoms with Crippen molar-refractivity contribution in [1.82, 2.24) is 9.88 Å². The molecule has 3 heterocycles. The molecule has 0 radical (unpaired) electrons. The van der Waals surface area contributed by atoms with Crippen LogP contribution in [-0.2, 0) is 0 Å². The molecule has 1 saturated heterocycles. The molecule has 3 nitrogen and oxygen atoms in total. The third kappa shape index (κ3) is 2.31. The van der Waals surface area contributed by atoms with Crippen molar-refractivity contribution >= 4 is 28.5 Å². The Hall–Kier alpha value is -1.52. The summed E-state index contributed by atoms with van der Waals surface area (Å²) in [6, 6.07) is 14.2. The molecule has 2 aliphatic rings. The number of pyridine rings is 1. The van der Waals surface area contributed by atoms with Crippen LogP contribution < -0.4 is 0 Å². The van der Waals surface area contributed by atoms with Gasteiger partial charge in [0.15, 0.2) is 5.17 Å². The summed E-state index contributed by atoms with van der Waals surface area (Å²) in [5, 5.41) is 2.48. The van der Waals surface area contributed by atoms with Crippen molar-refractivity contribution in [2.45, 2.75) is 24.3 Å². The van der Waals surface area contributed by atoms with Gasteiger partial charge in [-0.3, -0.25) is 9.98 Å². The molecule has 0 N–H and O–H groups in total. The number of fused-ring (bicyclic) bond motifs is 1. The molecule has 4 rings (SSSR count). The van der Waals surface area contributed by atoms with Gasteiger partial charge in [0.25, 0.3) is 0 Å². The number of rotatable bonds is 2. The Bertz CT molecular complexity index is 719. The van der Waals surface area contributed by atoms with Crippen LogP contribution in [0.2, 0.25) is 5.02 Å². The summed E-state index contributed by atoms with van der Waals surface area (Å²) in [5.41, 5.74) is 2.14. The molecule has 2 aromatic rings. The van der Waals surface area contributed by atoms with Gasteiger partial charge in [-0.25, -0.2) is 0 Å². The highest BCUT2D eigenvalue weighted by molar-refractivity contribution is 8.14. The summed E-state index contributed by atoms with van der Waals surface area (Å²) in [4.78, 5) is 11.9. The van der Waals surface area contributed by atoms with E-state index < -0.39 is 0 Å². The summed E-state index contributed by atoms with van der Waals surface area (Å²) in [6.07, 6.45) is 1.83. The van der Waals surface area contributed by atoms with Crippen LogP contribution in [0.25, 0.3) is 0 Å². The third-order valence-corrected chi connectivity index (χ3v) is 5.55. The number of aromatic nitrogens is 1. The van der Waals surface area contributed by atoms with E-state index in [1.54, 1.807) is 0 Å². The molecule has 2 aliphatic heterocycles. The van der Waals surface area contributed by atoms with Gasteiger partial charge >= 0.3 is 0 Å².